The quantitative estimate of drug-likeness (QED) is 0.298. The number of amides is 1. The number of carbonyl (C=O) groups is 1. The van der Waals surface area contributed by atoms with Gasteiger partial charge in [-0.25, -0.2) is 4.98 Å². The van der Waals surface area contributed by atoms with Gasteiger partial charge in [0.25, 0.3) is 5.91 Å². The number of fused-ring (bicyclic) bond motifs is 5. The molecule has 1 fully saturated rings. The molecule has 0 bridgehead atoms. The number of pyridine rings is 1. The molecule has 2 aliphatic rings. The fourth-order valence-corrected chi connectivity index (χ4v) is 5.68. The molecule has 0 aliphatic carbocycles. The summed E-state index contributed by atoms with van der Waals surface area (Å²) in [6.45, 7) is 2.67. The molecule has 3 aromatic carbocycles. The van der Waals surface area contributed by atoms with Crippen LogP contribution in [0.3, 0.4) is 0 Å². The minimum atomic E-state index is -0.0856. The number of piperidine rings is 1. The fraction of sp³-hybridized carbons (Fsp3) is 0.182. The van der Waals surface area contributed by atoms with Crippen molar-refractivity contribution in [3.05, 3.63) is 108 Å². The molecule has 42 heavy (non-hydrogen) atoms. The molecule has 9 nitrogen and oxygen atoms in total. The third kappa shape index (κ3) is 4.89. The minimum Gasteiger partial charge on any atom is -0.349 e. The van der Waals surface area contributed by atoms with Crippen molar-refractivity contribution < 1.29 is 4.79 Å². The molecule has 4 heterocycles. The van der Waals surface area contributed by atoms with Crippen LogP contribution in [0.4, 0.5) is 11.5 Å². The Bertz CT molecular complexity index is 1800. The van der Waals surface area contributed by atoms with Crippen molar-refractivity contribution >= 4 is 17.4 Å². The van der Waals surface area contributed by atoms with Gasteiger partial charge in [-0.15, -0.1) is 10.2 Å². The first-order valence-corrected chi connectivity index (χ1v) is 14.1. The average molecular weight is 553 g/mol. The van der Waals surface area contributed by atoms with Crippen LogP contribution in [0.15, 0.2) is 91.1 Å². The number of hydrogen-bond donors (Lipinski definition) is 2. The van der Waals surface area contributed by atoms with Crippen LogP contribution in [0.1, 0.15) is 34.3 Å². The van der Waals surface area contributed by atoms with Gasteiger partial charge >= 0.3 is 0 Å². The van der Waals surface area contributed by atoms with E-state index in [1.54, 1.807) is 30.5 Å². The van der Waals surface area contributed by atoms with Gasteiger partial charge in [0.1, 0.15) is 0 Å². The smallest absolute Gasteiger partial charge is 0.251 e. The van der Waals surface area contributed by atoms with E-state index < -0.39 is 0 Å². The van der Waals surface area contributed by atoms with Gasteiger partial charge < -0.3 is 10.6 Å². The molecule has 1 amide bonds. The summed E-state index contributed by atoms with van der Waals surface area (Å²) < 4.78 is 2.08. The molecule has 2 aromatic heterocycles. The van der Waals surface area contributed by atoms with Crippen LogP contribution in [-0.4, -0.2) is 49.7 Å². The maximum absolute atomic E-state index is 12.6. The maximum atomic E-state index is 12.6. The summed E-state index contributed by atoms with van der Waals surface area (Å²) in [5, 5.41) is 24.8. The van der Waals surface area contributed by atoms with E-state index in [0.717, 1.165) is 72.4 Å². The van der Waals surface area contributed by atoms with Crippen molar-refractivity contribution in [1.82, 2.24) is 30.0 Å². The summed E-state index contributed by atoms with van der Waals surface area (Å²) in [5.41, 5.74) is 6.17. The van der Waals surface area contributed by atoms with Crippen LogP contribution in [0, 0.1) is 11.3 Å². The summed E-state index contributed by atoms with van der Waals surface area (Å²) in [6.07, 6.45) is 3.58. The lowest BCUT2D eigenvalue weighted by Gasteiger charge is -2.32. The molecule has 9 heteroatoms. The van der Waals surface area contributed by atoms with Gasteiger partial charge in [-0.2, -0.15) is 5.26 Å². The van der Waals surface area contributed by atoms with Crippen molar-refractivity contribution in [3.8, 4) is 34.5 Å². The number of nitriles is 1. The first kappa shape index (κ1) is 25.6. The van der Waals surface area contributed by atoms with Gasteiger partial charge in [-0.3, -0.25) is 14.3 Å². The predicted molar refractivity (Wildman–Crippen MR) is 160 cm³/mol. The molecule has 2 N–H and O–H groups in total. The zero-order valence-corrected chi connectivity index (χ0v) is 22.9. The SMILES string of the molecule is N#Cc1ccc(C(=O)NC2CCN(Cc3ccc(-c4nnc5n4-c4cccnc4Nc4ccccc4-5)cc3)CC2)cc1. The summed E-state index contributed by atoms with van der Waals surface area (Å²) in [7, 11) is 0. The highest BCUT2D eigenvalue weighted by Gasteiger charge is 2.25. The van der Waals surface area contributed by atoms with Crippen molar-refractivity contribution in [3.63, 3.8) is 0 Å². The average Bonchev–Trinajstić information content (AvgIpc) is 3.42. The molecular formula is C33H28N8O. The summed E-state index contributed by atoms with van der Waals surface area (Å²) in [4.78, 5) is 19.6. The fourth-order valence-electron chi connectivity index (χ4n) is 5.68. The Kier molecular flexibility index (Phi) is 6.66. The summed E-state index contributed by atoms with van der Waals surface area (Å²) in [6, 6.07) is 29.5. The molecule has 1 saturated heterocycles. The van der Waals surface area contributed by atoms with Gasteiger partial charge in [-0.05, 0) is 66.9 Å². The van der Waals surface area contributed by atoms with Crippen LogP contribution >= 0.6 is 0 Å². The van der Waals surface area contributed by atoms with Gasteiger partial charge in [0.2, 0.25) is 0 Å². The number of nitrogens with zero attached hydrogens (tertiary/aromatic N) is 6. The Morgan fingerprint density at radius 3 is 2.48 bits per heavy atom. The molecule has 2 aliphatic heterocycles. The Labute approximate surface area is 243 Å². The molecule has 0 spiro atoms. The lowest BCUT2D eigenvalue weighted by Crippen LogP contribution is -2.44. The van der Waals surface area contributed by atoms with E-state index >= 15 is 0 Å². The Hall–Kier alpha value is -5.33. The lowest BCUT2D eigenvalue weighted by molar-refractivity contribution is 0.0909. The van der Waals surface area contributed by atoms with E-state index in [-0.39, 0.29) is 11.9 Å². The zero-order valence-electron chi connectivity index (χ0n) is 22.9. The number of nitrogens with one attached hydrogen (secondary N) is 2. The number of anilines is 2. The first-order chi connectivity index (χ1) is 20.7. The number of carbonyl (C=O) groups excluding carboxylic acids is 1. The Morgan fingerprint density at radius 1 is 0.929 bits per heavy atom. The molecule has 0 radical (unpaired) electrons. The van der Waals surface area contributed by atoms with E-state index in [0.29, 0.717) is 11.1 Å². The van der Waals surface area contributed by atoms with E-state index in [2.05, 4.69) is 65.6 Å². The van der Waals surface area contributed by atoms with Crippen LogP contribution in [0.2, 0.25) is 0 Å². The van der Waals surface area contributed by atoms with E-state index in [4.69, 9.17) is 5.26 Å². The number of para-hydroxylation sites is 1. The normalized spacial score (nSPS) is 14.5. The molecular weight excluding hydrogens is 524 g/mol. The summed E-state index contributed by atoms with van der Waals surface area (Å²) >= 11 is 0. The van der Waals surface area contributed by atoms with Crippen LogP contribution in [-0.2, 0) is 6.54 Å². The number of benzene rings is 3. The number of likely N-dealkylation sites (tertiary alicyclic amines) is 1. The first-order valence-electron chi connectivity index (χ1n) is 14.1. The second-order valence-electron chi connectivity index (χ2n) is 10.6. The van der Waals surface area contributed by atoms with Crippen molar-refractivity contribution in [2.24, 2.45) is 0 Å². The second-order valence-corrected chi connectivity index (χ2v) is 10.6. The molecule has 0 saturated carbocycles. The predicted octanol–water partition coefficient (Wildman–Crippen LogP) is 5.32. The molecule has 5 aromatic rings. The van der Waals surface area contributed by atoms with Gasteiger partial charge in [0, 0.05) is 48.6 Å². The van der Waals surface area contributed by atoms with E-state index in [9.17, 15) is 4.79 Å². The van der Waals surface area contributed by atoms with Crippen LogP contribution in [0.25, 0.3) is 28.5 Å². The Balaban J connectivity index is 1.03. The van der Waals surface area contributed by atoms with Gasteiger partial charge in [0.05, 0.1) is 23.0 Å². The third-order valence-electron chi connectivity index (χ3n) is 7.93. The Morgan fingerprint density at radius 2 is 1.69 bits per heavy atom. The molecule has 0 atom stereocenters. The highest BCUT2D eigenvalue weighted by Crippen LogP contribution is 2.39. The highest BCUT2D eigenvalue weighted by atomic mass is 16.1. The van der Waals surface area contributed by atoms with Gasteiger partial charge in [0.15, 0.2) is 17.5 Å². The molecule has 7 rings (SSSR count). The number of rotatable bonds is 5. The standard InChI is InChI=1S/C33H28N8O/c34-20-22-7-13-25(14-8-22)33(42)36-26-15-18-40(19-16-26)21-23-9-11-24(12-10-23)31-38-39-32-27-4-1-2-5-28(27)37-30-29(41(31)32)6-3-17-35-30/h1-14,17,26H,15-16,18-19,21H2,(H,35,37)(H,36,42). The maximum Gasteiger partial charge on any atom is 0.251 e. The van der Waals surface area contributed by atoms with Crippen molar-refractivity contribution in [2.75, 3.05) is 18.4 Å². The van der Waals surface area contributed by atoms with Crippen LogP contribution < -0.4 is 10.6 Å². The van der Waals surface area contributed by atoms with Gasteiger partial charge in [-0.1, -0.05) is 36.4 Å². The van der Waals surface area contributed by atoms with Crippen LogP contribution in [0.5, 0.6) is 0 Å². The minimum absolute atomic E-state index is 0.0856. The number of aromatic nitrogens is 4. The zero-order chi connectivity index (χ0) is 28.5. The monoisotopic (exact) mass is 552 g/mol. The molecule has 206 valence electrons. The second kappa shape index (κ2) is 10.9. The van der Waals surface area contributed by atoms with Crippen molar-refractivity contribution in [2.45, 2.75) is 25.4 Å². The largest absolute Gasteiger partial charge is 0.349 e. The lowest BCUT2D eigenvalue weighted by atomic mass is 10.0. The number of hydrogen-bond acceptors (Lipinski definition) is 7. The highest BCUT2D eigenvalue weighted by molar-refractivity contribution is 5.94. The van der Waals surface area contributed by atoms with Crippen molar-refractivity contribution in [1.29, 1.82) is 5.26 Å². The third-order valence-corrected chi connectivity index (χ3v) is 7.93. The topological polar surface area (TPSA) is 112 Å². The van der Waals surface area contributed by atoms with E-state index in [1.807, 2.05) is 36.4 Å². The molecule has 0 unspecified atom stereocenters. The van der Waals surface area contributed by atoms with E-state index in [1.165, 1.54) is 5.56 Å². The summed E-state index contributed by atoms with van der Waals surface area (Å²) in [5.74, 6) is 2.22.